The lowest BCUT2D eigenvalue weighted by atomic mass is 10.3. The van der Waals surface area contributed by atoms with Crippen molar-refractivity contribution in [2.24, 2.45) is 5.73 Å². The van der Waals surface area contributed by atoms with Gasteiger partial charge in [-0.1, -0.05) is 12.2 Å². The molecule has 0 bridgehead atoms. The Bertz CT molecular complexity index is 404. The van der Waals surface area contributed by atoms with E-state index >= 15 is 0 Å². The summed E-state index contributed by atoms with van der Waals surface area (Å²) in [6.45, 7) is 3.10. The van der Waals surface area contributed by atoms with Crippen LogP contribution in [0.15, 0.2) is 18.3 Å². The first-order valence-corrected chi connectivity index (χ1v) is 6.68. The van der Waals surface area contributed by atoms with E-state index in [9.17, 15) is 0 Å². The van der Waals surface area contributed by atoms with E-state index in [-0.39, 0.29) is 0 Å². The van der Waals surface area contributed by atoms with Crippen LogP contribution in [0.1, 0.15) is 5.56 Å². The van der Waals surface area contributed by atoms with Crippen molar-refractivity contribution < 1.29 is 18.9 Å². The van der Waals surface area contributed by atoms with Crippen LogP contribution in [0.25, 0.3) is 0 Å². The molecule has 1 heterocycles. The third-order valence-corrected chi connectivity index (χ3v) is 2.54. The molecule has 0 fully saturated rings. The fraction of sp³-hybridized carbons (Fsp3) is 0.538. The van der Waals surface area contributed by atoms with Crippen LogP contribution >= 0.6 is 12.2 Å². The summed E-state index contributed by atoms with van der Waals surface area (Å²) in [6.07, 6.45) is 1.61. The Hall–Kier alpha value is -1.28. The van der Waals surface area contributed by atoms with Gasteiger partial charge in [-0.3, -0.25) is 0 Å². The van der Waals surface area contributed by atoms with Gasteiger partial charge in [0.2, 0.25) is 5.88 Å². The highest BCUT2D eigenvalue weighted by Crippen LogP contribution is 2.08. The summed E-state index contributed by atoms with van der Waals surface area (Å²) in [5.41, 5.74) is 6.26. The molecular weight excluding hydrogens is 280 g/mol. The Kier molecular flexibility index (Phi) is 8.81. The van der Waals surface area contributed by atoms with E-state index in [1.807, 2.05) is 0 Å². The third-order valence-electron chi connectivity index (χ3n) is 2.30. The predicted molar refractivity (Wildman–Crippen MR) is 79.1 cm³/mol. The first kappa shape index (κ1) is 16.8. The molecule has 0 radical (unpaired) electrons. The summed E-state index contributed by atoms with van der Waals surface area (Å²) in [5.74, 6) is 0.482. The van der Waals surface area contributed by atoms with Crippen molar-refractivity contribution in [3.63, 3.8) is 0 Å². The third kappa shape index (κ3) is 7.34. The number of rotatable bonds is 11. The second kappa shape index (κ2) is 10.5. The molecule has 7 heteroatoms. The molecule has 0 saturated carbocycles. The van der Waals surface area contributed by atoms with Gasteiger partial charge in [0.25, 0.3) is 0 Å². The second-order valence-corrected chi connectivity index (χ2v) is 4.25. The molecule has 1 aromatic rings. The molecule has 20 heavy (non-hydrogen) atoms. The predicted octanol–water partition coefficient (Wildman–Crippen LogP) is 0.774. The van der Waals surface area contributed by atoms with Crippen LogP contribution in [0.5, 0.6) is 5.88 Å². The summed E-state index contributed by atoms with van der Waals surface area (Å²) < 4.78 is 20.9. The van der Waals surface area contributed by atoms with Crippen molar-refractivity contribution in [2.75, 3.05) is 46.8 Å². The minimum Gasteiger partial charge on any atom is -0.475 e. The Morgan fingerprint density at radius 1 is 1.15 bits per heavy atom. The zero-order chi connectivity index (χ0) is 14.6. The van der Waals surface area contributed by atoms with Crippen LogP contribution in [0, 0.1) is 0 Å². The van der Waals surface area contributed by atoms with Gasteiger partial charge in [-0.05, 0) is 6.07 Å². The quantitative estimate of drug-likeness (QED) is 0.478. The van der Waals surface area contributed by atoms with Crippen molar-refractivity contribution in [1.82, 2.24) is 4.98 Å². The van der Waals surface area contributed by atoms with Crippen LogP contribution in [0.3, 0.4) is 0 Å². The Morgan fingerprint density at radius 2 is 1.80 bits per heavy atom. The largest absolute Gasteiger partial charge is 0.475 e. The first-order valence-electron chi connectivity index (χ1n) is 6.27. The molecule has 0 spiro atoms. The fourth-order valence-electron chi connectivity index (χ4n) is 1.31. The average Bonchev–Trinajstić information content (AvgIpc) is 2.46. The zero-order valence-electron chi connectivity index (χ0n) is 11.5. The maximum atomic E-state index is 5.53. The highest BCUT2D eigenvalue weighted by Gasteiger charge is 2.00. The van der Waals surface area contributed by atoms with Crippen molar-refractivity contribution >= 4 is 17.2 Å². The zero-order valence-corrected chi connectivity index (χ0v) is 12.4. The molecule has 0 aromatic carbocycles. The van der Waals surface area contributed by atoms with Crippen molar-refractivity contribution in [3.05, 3.63) is 23.9 Å². The normalized spacial score (nSPS) is 10.4. The molecule has 0 saturated heterocycles. The number of aromatic nitrogens is 1. The van der Waals surface area contributed by atoms with Gasteiger partial charge in [0.15, 0.2) is 0 Å². The molecule has 2 N–H and O–H groups in total. The Morgan fingerprint density at radius 3 is 2.45 bits per heavy atom. The molecular formula is C13H20N2O4S. The lowest BCUT2D eigenvalue weighted by Gasteiger charge is -2.07. The van der Waals surface area contributed by atoms with Crippen LogP contribution in [-0.2, 0) is 14.2 Å². The smallest absolute Gasteiger partial charge is 0.213 e. The monoisotopic (exact) mass is 300 g/mol. The summed E-state index contributed by atoms with van der Waals surface area (Å²) in [6, 6.07) is 3.44. The van der Waals surface area contributed by atoms with E-state index in [4.69, 9.17) is 36.9 Å². The average molecular weight is 300 g/mol. The minimum absolute atomic E-state index is 0.321. The summed E-state index contributed by atoms with van der Waals surface area (Å²) in [7, 11) is 1.64. The van der Waals surface area contributed by atoms with E-state index in [0.717, 1.165) is 5.56 Å². The molecule has 6 nitrogen and oxygen atoms in total. The molecule has 0 aliphatic carbocycles. The van der Waals surface area contributed by atoms with Crippen molar-refractivity contribution in [1.29, 1.82) is 0 Å². The van der Waals surface area contributed by atoms with E-state index in [2.05, 4.69) is 4.98 Å². The maximum Gasteiger partial charge on any atom is 0.213 e. The molecule has 112 valence electrons. The van der Waals surface area contributed by atoms with E-state index in [1.54, 1.807) is 25.4 Å². The van der Waals surface area contributed by atoms with Gasteiger partial charge in [-0.2, -0.15) is 0 Å². The van der Waals surface area contributed by atoms with E-state index in [0.29, 0.717) is 50.5 Å². The van der Waals surface area contributed by atoms with Gasteiger partial charge >= 0.3 is 0 Å². The van der Waals surface area contributed by atoms with Gasteiger partial charge in [-0.15, -0.1) is 0 Å². The van der Waals surface area contributed by atoms with Gasteiger partial charge in [-0.25, -0.2) is 4.98 Å². The molecule has 0 aliphatic heterocycles. The lowest BCUT2D eigenvalue weighted by molar-refractivity contribution is 0.0176. The summed E-state index contributed by atoms with van der Waals surface area (Å²) >= 11 is 4.88. The molecule has 0 amide bonds. The standard InChI is InChI=1S/C13H20N2O4S/c1-16-4-5-17-6-7-18-8-9-19-12-10-11(13(14)20)2-3-15-12/h2-3,10H,4-9H2,1H3,(H2,14,20). The summed E-state index contributed by atoms with van der Waals surface area (Å²) in [5, 5.41) is 0. The highest BCUT2D eigenvalue weighted by molar-refractivity contribution is 7.80. The topological polar surface area (TPSA) is 75.8 Å². The summed E-state index contributed by atoms with van der Waals surface area (Å²) in [4.78, 5) is 4.38. The van der Waals surface area contributed by atoms with Gasteiger partial charge in [0.1, 0.15) is 11.6 Å². The number of hydrogen-bond donors (Lipinski definition) is 1. The van der Waals surface area contributed by atoms with Gasteiger partial charge in [0, 0.05) is 24.9 Å². The van der Waals surface area contributed by atoms with Crippen LogP contribution < -0.4 is 10.5 Å². The molecule has 0 unspecified atom stereocenters. The van der Waals surface area contributed by atoms with Crippen molar-refractivity contribution in [2.45, 2.75) is 0 Å². The minimum atomic E-state index is 0.321. The van der Waals surface area contributed by atoms with Crippen LogP contribution in [-0.4, -0.2) is 56.7 Å². The van der Waals surface area contributed by atoms with Gasteiger partial charge < -0.3 is 24.7 Å². The van der Waals surface area contributed by atoms with E-state index < -0.39 is 0 Å². The SMILES string of the molecule is COCCOCCOCCOc1cc(C(N)=S)ccn1. The number of nitrogens with zero attached hydrogens (tertiary/aromatic N) is 1. The Labute approximate surface area is 124 Å². The molecule has 0 aliphatic rings. The molecule has 0 atom stereocenters. The molecule has 1 rings (SSSR count). The number of nitrogens with two attached hydrogens (primary N) is 1. The number of hydrogen-bond acceptors (Lipinski definition) is 6. The van der Waals surface area contributed by atoms with Gasteiger partial charge in [0.05, 0.1) is 33.0 Å². The van der Waals surface area contributed by atoms with Crippen LogP contribution in [0.4, 0.5) is 0 Å². The van der Waals surface area contributed by atoms with E-state index in [1.165, 1.54) is 0 Å². The number of thiocarbonyl (C=S) groups is 1. The highest BCUT2D eigenvalue weighted by atomic mass is 32.1. The van der Waals surface area contributed by atoms with Crippen molar-refractivity contribution in [3.8, 4) is 5.88 Å². The second-order valence-electron chi connectivity index (χ2n) is 3.81. The number of pyridine rings is 1. The number of ether oxygens (including phenoxy) is 4. The number of methoxy groups -OCH3 is 1. The maximum absolute atomic E-state index is 5.53. The van der Waals surface area contributed by atoms with Crippen LogP contribution in [0.2, 0.25) is 0 Å². The fourth-order valence-corrected chi connectivity index (χ4v) is 1.44. The Balaban J connectivity index is 2.06. The lowest BCUT2D eigenvalue weighted by Crippen LogP contribution is -2.13. The first-order chi connectivity index (χ1) is 9.74. The molecule has 1 aromatic heterocycles.